The minimum atomic E-state index is 0.175. The van der Waals surface area contributed by atoms with Gasteiger partial charge < -0.3 is 14.8 Å². The van der Waals surface area contributed by atoms with Crippen LogP contribution < -0.4 is 0 Å². The first kappa shape index (κ1) is 14.0. The van der Waals surface area contributed by atoms with E-state index < -0.39 is 0 Å². The van der Waals surface area contributed by atoms with Crippen molar-refractivity contribution in [1.29, 1.82) is 0 Å². The van der Waals surface area contributed by atoms with E-state index in [-0.39, 0.29) is 6.03 Å². The zero-order chi connectivity index (χ0) is 14.8. The molecule has 0 saturated heterocycles. The Morgan fingerprint density at radius 1 is 1.19 bits per heavy atom. The summed E-state index contributed by atoms with van der Waals surface area (Å²) < 4.78 is 0. The molecule has 2 aromatic rings. The van der Waals surface area contributed by atoms with Crippen LogP contribution in [0, 0.1) is 0 Å². The summed E-state index contributed by atoms with van der Waals surface area (Å²) >= 11 is 0. The highest BCUT2D eigenvalue weighted by Crippen LogP contribution is 2.25. The van der Waals surface area contributed by atoms with Crippen LogP contribution in [0.25, 0.3) is 10.9 Å². The van der Waals surface area contributed by atoms with Crippen molar-refractivity contribution >= 4 is 16.9 Å². The summed E-state index contributed by atoms with van der Waals surface area (Å²) in [4.78, 5) is 19.9. The number of fused-ring (bicyclic) bond motifs is 3. The molecule has 0 atom stereocenters. The van der Waals surface area contributed by atoms with Gasteiger partial charge in [-0.15, -0.1) is 0 Å². The molecule has 2 heterocycles. The number of rotatable bonds is 2. The molecule has 1 aliphatic rings. The van der Waals surface area contributed by atoms with Gasteiger partial charge in [-0.3, -0.25) is 0 Å². The van der Waals surface area contributed by atoms with Crippen LogP contribution >= 0.6 is 0 Å². The van der Waals surface area contributed by atoms with Crippen LogP contribution in [0.15, 0.2) is 24.3 Å². The molecule has 3 rings (SSSR count). The Morgan fingerprint density at radius 2 is 1.90 bits per heavy atom. The van der Waals surface area contributed by atoms with Gasteiger partial charge in [0.15, 0.2) is 0 Å². The molecule has 0 saturated carbocycles. The Labute approximate surface area is 125 Å². The molecule has 0 aliphatic carbocycles. The number of amides is 2. The van der Waals surface area contributed by atoms with Gasteiger partial charge in [0.1, 0.15) is 0 Å². The van der Waals surface area contributed by atoms with Crippen molar-refractivity contribution in [2.75, 3.05) is 26.2 Å². The topological polar surface area (TPSA) is 39.3 Å². The summed E-state index contributed by atoms with van der Waals surface area (Å²) in [5.41, 5.74) is 3.90. The number of aromatic amines is 1. The van der Waals surface area contributed by atoms with E-state index in [9.17, 15) is 4.79 Å². The van der Waals surface area contributed by atoms with E-state index in [0.717, 1.165) is 39.0 Å². The molecular weight excluding hydrogens is 262 g/mol. The number of hydrogen-bond donors (Lipinski definition) is 1. The van der Waals surface area contributed by atoms with Gasteiger partial charge in [-0.05, 0) is 31.9 Å². The van der Waals surface area contributed by atoms with Crippen molar-refractivity contribution in [1.82, 2.24) is 14.8 Å². The molecule has 4 nitrogen and oxygen atoms in total. The fraction of sp³-hybridized carbons (Fsp3) is 0.471. The van der Waals surface area contributed by atoms with Gasteiger partial charge in [0, 0.05) is 49.2 Å². The predicted octanol–water partition coefficient (Wildman–Crippen LogP) is 3.03. The monoisotopic (exact) mass is 285 g/mol. The maximum atomic E-state index is 12.5. The van der Waals surface area contributed by atoms with Crippen molar-refractivity contribution < 1.29 is 4.79 Å². The van der Waals surface area contributed by atoms with Crippen molar-refractivity contribution in [3.05, 3.63) is 35.5 Å². The van der Waals surface area contributed by atoms with E-state index in [0.29, 0.717) is 0 Å². The van der Waals surface area contributed by atoms with Gasteiger partial charge in [-0.2, -0.15) is 0 Å². The third-order valence-corrected chi connectivity index (χ3v) is 4.47. The molecule has 112 valence electrons. The number of carbonyl (C=O) groups is 1. The summed E-state index contributed by atoms with van der Waals surface area (Å²) in [6, 6.07) is 8.62. The molecule has 0 spiro atoms. The summed E-state index contributed by atoms with van der Waals surface area (Å²) in [6.07, 6.45) is 1.85. The van der Waals surface area contributed by atoms with Crippen molar-refractivity contribution in [3.8, 4) is 0 Å². The van der Waals surface area contributed by atoms with Crippen LogP contribution in [-0.2, 0) is 12.8 Å². The van der Waals surface area contributed by atoms with E-state index >= 15 is 0 Å². The third-order valence-electron chi connectivity index (χ3n) is 4.47. The van der Waals surface area contributed by atoms with Crippen LogP contribution in [0.3, 0.4) is 0 Å². The first-order valence-electron chi connectivity index (χ1n) is 7.86. The number of aromatic nitrogens is 1. The second-order valence-electron chi connectivity index (χ2n) is 5.57. The zero-order valence-electron chi connectivity index (χ0n) is 12.9. The molecule has 0 unspecified atom stereocenters. The smallest absolute Gasteiger partial charge is 0.320 e. The lowest BCUT2D eigenvalue weighted by molar-refractivity contribution is 0.159. The van der Waals surface area contributed by atoms with E-state index in [1.807, 2.05) is 23.6 Å². The highest BCUT2D eigenvalue weighted by molar-refractivity contribution is 5.85. The Kier molecular flexibility index (Phi) is 3.86. The Bertz CT molecular complexity index is 643. The second-order valence-corrected chi connectivity index (χ2v) is 5.57. The number of carbonyl (C=O) groups excluding carboxylic acids is 1. The Hall–Kier alpha value is -1.97. The normalized spacial score (nSPS) is 14.9. The molecule has 21 heavy (non-hydrogen) atoms. The van der Waals surface area contributed by atoms with Crippen LogP contribution in [0.1, 0.15) is 25.1 Å². The summed E-state index contributed by atoms with van der Waals surface area (Å²) in [5.74, 6) is 0. The molecule has 0 radical (unpaired) electrons. The first-order valence-corrected chi connectivity index (χ1v) is 7.86. The van der Waals surface area contributed by atoms with E-state index in [1.54, 1.807) is 0 Å². The van der Waals surface area contributed by atoms with E-state index in [2.05, 4.69) is 29.2 Å². The number of para-hydroxylation sites is 1. The largest absolute Gasteiger partial charge is 0.358 e. The van der Waals surface area contributed by atoms with Crippen molar-refractivity contribution in [2.24, 2.45) is 0 Å². The number of hydrogen-bond acceptors (Lipinski definition) is 1. The molecular formula is C17H23N3O. The second kappa shape index (κ2) is 5.80. The number of nitrogens with one attached hydrogen (secondary N) is 1. The lowest BCUT2D eigenvalue weighted by atomic mass is 10.1. The predicted molar refractivity (Wildman–Crippen MR) is 85.6 cm³/mol. The fourth-order valence-electron chi connectivity index (χ4n) is 3.25. The minimum absolute atomic E-state index is 0.175. The Morgan fingerprint density at radius 3 is 2.67 bits per heavy atom. The first-order chi connectivity index (χ1) is 10.2. The molecule has 4 heteroatoms. The van der Waals surface area contributed by atoms with Gasteiger partial charge in [0.05, 0.1) is 0 Å². The van der Waals surface area contributed by atoms with Gasteiger partial charge in [-0.25, -0.2) is 4.79 Å². The maximum absolute atomic E-state index is 12.5. The van der Waals surface area contributed by atoms with Gasteiger partial charge >= 0.3 is 6.03 Å². The van der Waals surface area contributed by atoms with Crippen molar-refractivity contribution in [2.45, 2.75) is 26.7 Å². The molecule has 1 aromatic heterocycles. The summed E-state index contributed by atoms with van der Waals surface area (Å²) in [5, 5.41) is 1.31. The molecule has 2 amide bonds. The molecule has 0 fully saturated rings. The number of benzene rings is 1. The average molecular weight is 285 g/mol. The van der Waals surface area contributed by atoms with Gasteiger partial charge in [0.25, 0.3) is 0 Å². The van der Waals surface area contributed by atoms with Crippen LogP contribution in [-0.4, -0.2) is 47.0 Å². The average Bonchev–Trinajstić information content (AvgIpc) is 2.73. The van der Waals surface area contributed by atoms with Gasteiger partial charge in [-0.1, -0.05) is 18.2 Å². The summed E-state index contributed by atoms with van der Waals surface area (Å²) in [6.45, 7) is 7.24. The zero-order valence-corrected chi connectivity index (χ0v) is 12.9. The van der Waals surface area contributed by atoms with Crippen molar-refractivity contribution in [3.63, 3.8) is 0 Å². The SMILES string of the molecule is CCN(CC)C(=O)N1CCc2[nH]c3ccccc3c2CC1. The number of nitrogens with zero attached hydrogens (tertiary/aromatic N) is 2. The lowest BCUT2D eigenvalue weighted by Gasteiger charge is -2.28. The standard InChI is InChI=1S/C17H23N3O/c1-3-19(4-2)17(21)20-11-9-14-13-7-5-6-8-15(13)18-16(14)10-12-20/h5-8,18H,3-4,9-12H2,1-2H3. The third kappa shape index (κ3) is 2.50. The van der Waals surface area contributed by atoms with Crippen LogP contribution in [0.5, 0.6) is 0 Å². The Balaban J connectivity index is 1.81. The minimum Gasteiger partial charge on any atom is -0.358 e. The van der Waals surface area contributed by atoms with Gasteiger partial charge in [0.2, 0.25) is 0 Å². The molecule has 1 N–H and O–H groups in total. The molecule has 1 aliphatic heterocycles. The molecule has 0 bridgehead atoms. The lowest BCUT2D eigenvalue weighted by Crippen LogP contribution is -2.44. The highest BCUT2D eigenvalue weighted by Gasteiger charge is 2.23. The highest BCUT2D eigenvalue weighted by atomic mass is 16.2. The number of H-pyrrole nitrogens is 1. The van der Waals surface area contributed by atoms with Crippen LogP contribution in [0.2, 0.25) is 0 Å². The summed E-state index contributed by atoms with van der Waals surface area (Å²) in [7, 11) is 0. The van der Waals surface area contributed by atoms with Crippen LogP contribution in [0.4, 0.5) is 4.79 Å². The fourth-order valence-corrected chi connectivity index (χ4v) is 3.25. The number of urea groups is 1. The quantitative estimate of drug-likeness (QED) is 0.905. The maximum Gasteiger partial charge on any atom is 0.320 e. The van der Waals surface area contributed by atoms with E-state index in [1.165, 1.54) is 22.2 Å². The van der Waals surface area contributed by atoms with E-state index in [4.69, 9.17) is 0 Å². The molecule has 1 aromatic carbocycles.